The number of sulfone groups is 1. The molecule has 1 unspecified atom stereocenters. The number of carbonyl (C=O) groups is 1. The molecule has 1 atom stereocenters. The van der Waals surface area contributed by atoms with Crippen molar-refractivity contribution in [1.82, 2.24) is 0 Å². The van der Waals surface area contributed by atoms with Crippen molar-refractivity contribution in [2.75, 3.05) is 6.61 Å². The summed E-state index contributed by atoms with van der Waals surface area (Å²) in [6.45, 7) is 4.21. The molecule has 0 N–H and O–H groups in total. The zero-order valence-corrected chi connectivity index (χ0v) is 18.9. The van der Waals surface area contributed by atoms with E-state index in [-0.39, 0.29) is 16.4 Å². The van der Waals surface area contributed by atoms with E-state index in [0.717, 1.165) is 5.56 Å². The van der Waals surface area contributed by atoms with Gasteiger partial charge >= 0.3 is 5.97 Å². The van der Waals surface area contributed by atoms with Crippen LogP contribution in [0.5, 0.6) is 11.5 Å². The number of hydrogen-bond donors (Lipinski definition) is 0. The Morgan fingerprint density at radius 3 is 1.91 bits per heavy atom. The Hall–Kier alpha value is -3.32. The number of hydrogen-bond acceptors (Lipinski definition) is 6. The van der Waals surface area contributed by atoms with Crippen LogP contribution in [0.15, 0.2) is 88.7 Å². The number of carbonyl (C=O) groups excluding carboxylic acids is 1. The molecule has 0 aliphatic heterocycles. The Bertz CT molecular complexity index is 1110. The topological polar surface area (TPSA) is 78.9 Å². The Balaban J connectivity index is 1.67. The van der Waals surface area contributed by atoms with Crippen LogP contribution in [0.1, 0.15) is 25.8 Å². The van der Waals surface area contributed by atoms with Gasteiger partial charge in [0.1, 0.15) is 18.1 Å². The van der Waals surface area contributed by atoms with Gasteiger partial charge in [-0.05, 0) is 67.4 Å². The number of ether oxygens (including phenoxy) is 3. The SMILES string of the molecule is CCOC(=O)C(CC)Oc1ccc(S(=O)(=O)c2ccc(OCc3ccccc3)cc2)cc1. The minimum absolute atomic E-state index is 0.131. The van der Waals surface area contributed by atoms with Crippen molar-refractivity contribution in [3.8, 4) is 11.5 Å². The highest BCUT2D eigenvalue weighted by atomic mass is 32.2. The third kappa shape index (κ3) is 5.88. The van der Waals surface area contributed by atoms with Gasteiger partial charge in [-0.25, -0.2) is 13.2 Å². The first-order chi connectivity index (χ1) is 15.4. The van der Waals surface area contributed by atoms with Gasteiger partial charge in [0.15, 0.2) is 6.10 Å². The summed E-state index contributed by atoms with van der Waals surface area (Å²) in [5, 5.41) is 0. The smallest absolute Gasteiger partial charge is 0.347 e. The lowest BCUT2D eigenvalue weighted by Gasteiger charge is -2.16. The first-order valence-corrected chi connectivity index (χ1v) is 11.9. The molecule has 3 aromatic rings. The van der Waals surface area contributed by atoms with Crippen LogP contribution in [0.4, 0.5) is 0 Å². The summed E-state index contributed by atoms with van der Waals surface area (Å²) in [6, 6.07) is 22.0. The van der Waals surface area contributed by atoms with Gasteiger partial charge in [0.2, 0.25) is 9.84 Å². The van der Waals surface area contributed by atoms with E-state index in [0.29, 0.717) is 24.5 Å². The zero-order valence-electron chi connectivity index (χ0n) is 18.1. The number of rotatable bonds is 10. The molecule has 168 valence electrons. The molecular weight excluding hydrogens is 428 g/mol. The maximum atomic E-state index is 13.0. The van der Waals surface area contributed by atoms with E-state index in [4.69, 9.17) is 14.2 Å². The van der Waals surface area contributed by atoms with E-state index in [9.17, 15) is 13.2 Å². The van der Waals surface area contributed by atoms with Crippen molar-refractivity contribution in [1.29, 1.82) is 0 Å². The molecule has 0 saturated carbocycles. The first kappa shape index (κ1) is 23.3. The Kier molecular flexibility index (Phi) is 7.89. The fraction of sp³-hybridized carbons (Fsp3) is 0.240. The van der Waals surface area contributed by atoms with E-state index in [1.807, 2.05) is 37.3 Å². The molecule has 6 nitrogen and oxygen atoms in total. The molecule has 0 spiro atoms. The van der Waals surface area contributed by atoms with Crippen LogP contribution in [-0.4, -0.2) is 27.1 Å². The van der Waals surface area contributed by atoms with Crippen molar-refractivity contribution >= 4 is 15.8 Å². The third-order valence-corrected chi connectivity index (χ3v) is 6.50. The van der Waals surface area contributed by atoms with Gasteiger partial charge in [-0.15, -0.1) is 0 Å². The predicted molar refractivity (Wildman–Crippen MR) is 120 cm³/mol. The van der Waals surface area contributed by atoms with Gasteiger partial charge in [-0.3, -0.25) is 0 Å². The molecule has 7 heteroatoms. The Labute approximate surface area is 188 Å². The van der Waals surface area contributed by atoms with Crippen LogP contribution in [0, 0.1) is 0 Å². The molecule has 0 radical (unpaired) electrons. The molecule has 0 bridgehead atoms. The van der Waals surface area contributed by atoms with Gasteiger partial charge in [0, 0.05) is 0 Å². The molecule has 0 aromatic heterocycles. The average Bonchev–Trinajstić information content (AvgIpc) is 2.82. The summed E-state index contributed by atoms with van der Waals surface area (Å²) in [6.07, 6.45) is -0.293. The molecule has 3 aromatic carbocycles. The summed E-state index contributed by atoms with van der Waals surface area (Å²) < 4.78 is 42.2. The maximum Gasteiger partial charge on any atom is 0.347 e. The van der Waals surface area contributed by atoms with Crippen molar-refractivity contribution in [2.24, 2.45) is 0 Å². The lowest BCUT2D eigenvalue weighted by molar-refractivity contribution is -0.151. The van der Waals surface area contributed by atoms with E-state index in [2.05, 4.69) is 0 Å². The fourth-order valence-corrected chi connectivity index (χ4v) is 4.25. The van der Waals surface area contributed by atoms with E-state index < -0.39 is 21.9 Å². The normalized spacial score (nSPS) is 12.1. The highest BCUT2D eigenvalue weighted by Crippen LogP contribution is 2.26. The number of esters is 1. The third-order valence-electron chi connectivity index (χ3n) is 4.72. The molecule has 0 heterocycles. The maximum absolute atomic E-state index is 13.0. The van der Waals surface area contributed by atoms with Crippen molar-refractivity contribution in [3.05, 3.63) is 84.4 Å². The molecule has 3 rings (SSSR count). The summed E-state index contributed by atoms with van der Waals surface area (Å²) in [5.74, 6) is 0.538. The Morgan fingerprint density at radius 1 is 0.812 bits per heavy atom. The molecule has 0 saturated heterocycles. The largest absolute Gasteiger partial charge is 0.489 e. The molecule has 32 heavy (non-hydrogen) atoms. The summed E-state index contributed by atoms with van der Waals surface area (Å²) >= 11 is 0. The van der Waals surface area contributed by atoms with Crippen LogP contribution in [0.2, 0.25) is 0 Å². The summed E-state index contributed by atoms with van der Waals surface area (Å²) in [5.41, 5.74) is 1.03. The van der Waals surface area contributed by atoms with Crippen LogP contribution in [0.25, 0.3) is 0 Å². The number of benzene rings is 3. The minimum atomic E-state index is -3.70. The lowest BCUT2D eigenvalue weighted by atomic mass is 10.2. The van der Waals surface area contributed by atoms with Crippen LogP contribution in [-0.2, 0) is 26.0 Å². The van der Waals surface area contributed by atoms with Crippen LogP contribution < -0.4 is 9.47 Å². The molecule has 0 fully saturated rings. The minimum Gasteiger partial charge on any atom is -0.489 e. The predicted octanol–water partition coefficient (Wildman–Crippen LogP) is 4.82. The first-order valence-electron chi connectivity index (χ1n) is 10.4. The average molecular weight is 455 g/mol. The van der Waals surface area contributed by atoms with Crippen molar-refractivity contribution < 1.29 is 27.4 Å². The van der Waals surface area contributed by atoms with E-state index in [1.165, 1.54) is 36.4 Å². The van der Waals surface area contributed by atoms with Gasteiger partial charge in [0.25, 0.3) is 0 Å². The van der Waals surface area contributed by atoms with Gasteiger partial charge in [0.05, 0.1) is 16.4 Å². The monoisotopic (exact) mass is 454 g/mol. The molecule has 0 amide bonds. The van der Waals surface area contributed by atoms with Crippen molar-refractivity contribution in [3.63, 3.8) is 0 Å². The second-order valence-electron chi connectivity index (χ2n) is 6.99. The second-order valence-corrected chi connectivity index (χ2v) is 8.94. The standard InChI is InChI=1S/C25H26O6S/c1-3-24(25(26)29-4-2)31-21-12-16-23(17-13-21)32(27,28)22-14-10-20(11-15-22)30-18-19-8-6-5-7-9-19/h5-17,24H,3-4,18H2,1-2H3. The molecular formula is C25H26O6S. The van der Waals surface area contributed by atoms with E-state index in [1.54, 1.807) is 19.1 Å². The zero-order chi connectivity index (χ0) is 23.0. The van der Waals surface area contributed by atoms with Crippen LogP contribution in [0.3, 0.4) is 0 Å². The van der Waals surface area contributed by atoms with E-state index >= 15 is 0 Å². The lowest BCUT2D eigenvalue weighted by Crippen LogP contribution is -2.28. The Morgan fingerprint density at radius 2 is 1.38 bits per heavy atom. The second kappa shape index (κ2) is 10.8. The quantitative estimate of drug-likeness (QED) is 0.409. The van der Waals surface area contributed by atoms with Gasteiger partial charge in [-0.1, -0.05) is 37.3 Å². The van der Waals surface area contributed by atoms with Gasteiger partial charge in [-0.2, -0.15) is 0 Å². The highest BCUT2D eigenvalue weighted by Gasteiger charge is 2.21. The van der Waals surface area contributed by atoms with Gasteiger partial charge < -0.3 is 14.2 Å². The van der Waals surface area contributed by atoms with Crippen molar-refractivity contribution in [2.45, 2.75) is 42.8 Å². The molecule has 0 aliphatic rings. The summed E-state index contributed by atoms with van der Waals surface area (Å²) in [7, 11) is -3.70. The fourth-order valence-electron chi connectivity index (χ4n) is 2.99. The van der Waals surface area contributed by atoms with Crippen LogP contribution >= 0.6 is 0 Å². The summed E-state index contributed by atoms with van der Waals surface area (Å²) in [4.78, 5) is 12.2. The molecule has 0 aliphatic carbocycles. The highest BCUT2D eigenvalue weighted by molar-refractivity contribution is 7.91.